The van der Waals surface area contributed by atoms with Crippen LogP contribution in [0.4, 0.5) is 27.6 Å². The zero-order valence-electron chi connectivity index (χ0n) is 9.59. The summed E-state index contributed by atoms with van der Waals surface area (Å²) in [6.45, 7) is 1.67. The Balaban J connectivity index is 2.94. The number of hydrogen-bond acceptors (Lipinski definition) is 3. The number of nitrogens with zero attached hydrogens (tertiary/aromatic N) is 1. The molecule has 0 radical (unpaired) electrons. The van der Waals surface area contributed by atoms with E-state index in [0.717, 1.165) is 6.07 Å². The van der Waals surface area contributed by atoms with E-state index in [9.17, 15) is 26.7 Å². The number of hydrogen-bond donors (Lipinski definition) is 1. The topological polar surface area (TPSA) is 51.2 Å². The molecule has 0 atom stereocenters. The number of ether oxygens (including phenoxy) is 1. The molecule has 0 spiro atoms. The maximum Gasteiger partial charge on any atom is 0.463 e. The van der Waals surface area contributed by atoms with Crippen LogP contribution in [0.25, 0.3) is 0 Å². The first-order valence-electron chi connectivity index (χ1n) is 5.04. The van der Waals surface area contributed by atoms with Gasteiger partial charge in [0, 0.05) is 6.20 Å². The second kappa shape index (κ2) is 5.37. The normalized spacial score (nSPS) is 12.1. The first kappa shape index (κ1) is 15.1. The highest BCUT2D eigenvalue weighted by Gasteiger charge is 2.63. The zero-order chi connectivity index (χ0) is 14.7. The van der Waals surface area contributed by atoms with Crippen molar-refractivity contribution in [3.05, 3.63) is 18.3 Å². The van der Waals surface area contributed by atoms with Crippen molar-refractivity contribution in [2.24, 2.45) is 0 Å². The number of aromatic nitrogens is 1. The second-order valence-corrected chi connectivity index (χ2v) is 3.32. The summed E-state index contributed by atoms with van der Waals surface area (Å²) in [6.07, 6.45) is -4.73. The molecule has 1 heterocycles. The van der Waals surface area contributed by atoms with E-state index >= 15 is 0 Å². The molecule has 19 heavy (non-hydrogen) atoms. The molecule has 4 nitrogen and oxygen atoms in total. The van der Waals surface area contributed by atoms with Crippen LogP contribution < -0.4 is 10.1 Å². The number of carbonyl (C=O) groups excluding carboxylic acids is 1. The van der Waals surface area contributed by atoms with Crippen molar-refractivity contribution in [1.82, 2.24) is 4.98 Å². The van der Waals surface area contributed by atoms with Crippen LogP contribution in [0.2, 0.25) is 0 Å². The summed E-state index contributed by atoms with van der Waals surface area (Å²) in [5.74, 6) is -8.22. The fraction of sp³-hybridized carbons (Fsp3) is 0.400. The van der Waals surface area contributed by atoms with Gasteiger partial charge in [0.2, 0.25) is 5.88 Å². The van der Waals surface area contributed by atoms with Crippen LogP contribution in [0.3, 0.4) is 0 Å². The summed E-state index contributed by atoms with van der Waals surface area (Å²) in [7, 11) is 0. The lowest BCUT2D eigenvalue weighted by atomic mass is 10.3. The van der Waals surface area contributed by atoms with Crippen molar-refractivity contribution >= 4 is 11.6 Å². The van der Waals surface area contributed by atoms with Gasteiger partial charge in [-0.1, -0.05) is 0 Å². The van der Waals surface area contributed by atoms with Gasteiger partial charge in [0.1, 0.15) is 5.69 Å². The van der Waals surface area contributed by atoms with Crippen molar-refractivity contribution in [2.45, 2.75) is 19.0 Å². The number of alkyl halides is 5. The molecular formula is C10H9F5N2O2. The molecule has 0 saturated carbocycles. The van der Waals surface area contributed by atoms with Gasteiger partial charge in [0.05, 0.1) is 6.61 Å². The molecule has 106 valence electrons. The van der Waals surface area contributed by atoms with Gasteiger partial charge >= 0.3 is 18.0 Å². The maximum absolute atomic E-state index is 12.7. The predicted molar refractivity (Wildman–Crippen MR) is 55.0 cm³/mol. The summed E-state index contributed by atoms with van der Waals surface area (Å²) in [5.41, 5.74) is -0.363. The first-order chi connectivity index (χ1) is 8.70. The van der Waals surface area contributed by atoms with Gasteiger partial charge in [-0.2, -0.15) is 22.0 Å². The lowest BCUT2D eigenvalue weighted by Gasteiger charge is -2.19. The minimum atomic E-state index is -5.97. The fourth-order valence-electron chi connectivity index (χ4n) is 1.07. The van der Waals surface area contributed by atoms with Crippen LogP contribution >= 0.6 is 0 Å². The Kier molecular flexibility index (Phi) is 4.28. The molecule has 0 aromatic carbocycles. The van der Waals surface area contributed by atoms with Gasteiger partial charge in [-0.05, 0) is 19.1 Å². The summed E-state index contributed by atoms with van der Waals surface area (Å²) < 4.78 is 66.3. The third-order valence-corrected chi connectivity index (χ3v) is 1.94. The Morgan fingerprint density at radius 3 is 2.53 bits per heavy atom. The molecule has 0 aliphatic carbocycles. The Morgan fingerprint density at radius 1 is 1.37 bits per heavy atom. The molecule has 9 heteroatoms. The Bertz CT molecular complexity index is 461. The second-order valence-electron chi connectivity index (χ2n) is 3.32. The lowest BCUT2D eigenvalue weighted by molar-refractivity contribution is -0.267. The monoisotopic (exact) mass is 284 g/mol. The van der Waals surface area contributed by atoms with Crippen LogP contribution in [0.5, 0.6) is 5.88 Å². The lowest BCUT2D eigenvalue weighted by Crippen LogP contribution is -2.47. The maximum atomic E-state index is 12.7. The van der Waals surface area contributed by atoms with Gasteiger partial charge in [-0.15, -0.1) is 0 Å². The number of anilines is 1. The van der Waals surface area contributed by atoms with Gasteiger partial charge in [0.15, 0.2) is 0 Å². The number of pyridine rings is 1. The molecule has 0 saturated heterocycles. The van der Waals surface area contributed by atoms with Crippen molar-refractivity contribution in [3.8, 4) is 5.88 Å². The molecular weight excluding hydrogens is 275 g/mol. The average Bonchev–Trinajstić information content (AvgIpc) is 2.30. The van der Waals surface area contributed by atoms with Crippen LogP contribution in [0, 0.1) is 0 Å². The highest BCUT2D eigenvalue weighted by molar-refractivity contribution is 5.97. The molecule has 1 aromatic rings. The van der Waals surface area contributed by atoms with E-state index in [1.807, 2.05) is 0 Å². The standard InChI is InChI=1S/C10H9F5N2O2/c1-2-19-7-6(4-3-5-16-7)17-8(18)9(11,12)10(13,14)15/h3-5H,2H2,1H3,(H,17,18). The van der Waals surface area contributed by atoms with Gasteiger partial charge in [-0.3, -0.25) is 4.79 Å². The van der Waals surface area contributed by atoms with E-state index < -0.39 is 18.0 Å². The first-order valence-corrected chi connectivity index (χ1v) is 5.04. The SMILES string of the molecule is CCOc1ncccc1NC(=O)C(F)(F)C(F)(F)F. The highest BCUT2D eigenvalue weighted by Crippen LogP contribution is 2.36. The molecule has 1 N–H and O–H groups in total. The molecule has 0 unspecified atom stereocenters. The summed E-state index contributed by atoms with van der Waals surface area (Å²) in [4.78, 5) is 14.6. The van der Waals surface area contributed by atoms with Crippen molar-refractivity contribution in [2.75, 3.05) is 11.9 Å². The van der Waals surface area contributed by atoms with Crippen molar-refractivity contribution in [3.63, 3.8) is 0 Å². The molecule has 0 fully saturated rings. The van der Waals surface area contributed by atoms with E-state index in [2.05, 4.69) is 4.98 Å². The average molecular weight is 284 g/mol. The smallest absolute Gasteiger partial charge is 0.463 e. The third kappa shape index (κ3) is 3.30. The molecule has 1 aromatic heterocycles. The van der Waals surface area contributed by atoms with E-state index in [-0.39, 0.29) is 18.2 Å². The van der Waals surface area contributed by atoms with E-state index in [0.29, 0.717) is 0 Å². The number of carbonyl (C=O) groups is 1. The number of rotatable bonds is 4. The van der Waals surface area contributed by atoms with Gasteiger partial charge in [-0.25, -0.2) is 4.98 Å². The van der Waals surface area contributed by atoms with Crippen molar-refractivity contribution < 1.29 is 31.5 Å². The largest absolute Gasteiger partial charge is 0.476 e. The molecule has 0 aliphatic heterocycles. The fourth-order valence-corrected chi connectivity index (χ4v) is 1.07. The Labute approximate surface area is 104 Å². The Morgan fingerprint density at radius 2 is 2.00 bits per heavy atom. The van der Waals surface area contributed by atoms with Gasteiger partial charge < -0.3 is 10.1 Å². The minimum Gasteiger partial charge on any atom is -0.476 e. The van der Waals surface area contributed by atoms with E-state index in [1.165, 1.54) is 17.6 Å². The minimum absolute atomic E-state index is 0.107. The molecule has 0 aliphatic rings. The van der Waals surface area contributed by atoms with Gasteiger partial charge in [0.25, 0.3) is 0 Å². The molecule has 1 amide bonds. The zero-order valence-corrected chi connectivity index (χ0v) is 9.59. The molecule has 1 rings (SSSR count). The number of nitrogens with one attached hydrogen (secondary N) is 1. The summed E-state index contributed by atoms with van der Waals surface area (Å²) in [5, 5.41) is 1.45. The quantitative estimate of drug-likeness (QED) is 0.865. The summed E-state index contributed by atoms with van der Waals surface area (Å²) >= 11 is 0. The van der Waals surface area contributed by atoms with E-state index in [4.69, 9.17) is 4.74 Å². The molecule has 0 bridgehead atoms. The number of halogens is 5. The van der Waals surface area contributed by atoms with Crippen LogP contribution in [-0.4, -0.2) is 29.6 Å². The number of amides is 1. The third-order valence-electron chi connectivity index (χ3n) is 1.94. The Hall–Kier alpha value is -1.93. The highest BCUT2D eigenvalue weighted by atomic mass is 19.4. The van der Waals surface area contributed by atoms with Crippen LogP contribution in [0.1, 0.15) is 6.92 Å². The van der Waals surface area contributed by atoms with E-state index in [1.54, 1.807) is 6.92 Å². The van der Waals surface area contributed by atoms with Crippen molar-refractivity contribution in [1.29, 1.82) is 0 Å². The predicted octanol–water partition coefficient (Wildman–Crippen LogP) is 2.62. The van der Waals surface area contributed by atoms with Crippen LogP contribution in [-0.2, 0) is 4.79 Å². The summed E-state index contributed by atoms with van der Waals surface area (Å²) in [6, 6.07) is 2.35. The van der Waals surface area contributed by atoms with Crippen LogP contribution in [0.15, 0.2) is 18.3 Å².